The molecule has 28 heavy (non-hydrogen) atoms. The van der Waals surface area contributed by atoms with Crippen LogP contribution < -0.4 is 0 Å². The van der Waals surface area contributed by atoms with E-state index in [9.17, 15) is 19.8 Å². The standard InChI is InChI=1S/C22H32O6/c1-10(2)14-19(27-11(3)23)17(25)16-18-15-13(20(26)28-18)12(24)6-7-21(15,4)8-9-22(14,16)5/h10,12,14,16-19,24-25H,6-9H2,1-5H3. The van der Waals surface area contributed by atoms with Gasteiger partial charge in [-0.05, 0) is 48.0 Å². The molecule has 8 unspecified atom stereocenters. The minimum absolute atomic E-state index is 0.0339. The largest absolute Gasteiger partial charge is 0.459 e. The lowest BCUT2D eigenvalue weighted by atomic mass is 9.65. The van der Waals surface area contributed by atoms with E-state index in [-0.39, 0.29) is 28.6 Å². The van der Waals surface area contributed by atoms with Gasteiger partial charge in [0, 0.05) is 18.8 Å². The van der Waals surface area contributed by atoms with Crippen molar-refractivity contribution in [2.24, 2.45) is 28.6 Å². The first-order valence-corrected chi connectivity index (χ1v) is 10.5. The Kier molecular flexibility index (Phi) is 4.47. The topological polar surface area (TPSA) is 93.1 Å². The molecule has 2 N–H and O–H groups in total. The maximum absolute atomic E-state index is 12.7. The van der Waals surface area contributed by atoms with Crippen LogP contribution in [0.25, 0.3) is 0 Å². The number of hydrogen-bond donors (Lipinski definition) is 2. The average Bonchev–Trinajstić information content (AvgIpc) is 3.00. The van der Waals surface area contributed by atoms with E-state index in [2.05, 4.69) is 27.7 Å². The van der Waals surface area contributed by atoms with Gasteiger partial charge in [0.2, 0.25) is 0 Å². The van der Waals surface area contributed by atoms with Crippen molar-refractivity contribution in [3.63, 3.8) is 0 Å². The first-order valence-electron chi connectivity index (χ1n) is 10.5. The van der Waals surface area contributed by atoms with Gasteiger partial charge in [-0.1, -0.05) is 27.7 Å². The van der Waals surface area contributed by atoms with Gasteiger partial charge in [0.15, 0.2) is 0 Å². The monoisotopic (exact) mass is 392 g/mol. The molecule has 0 aromatic rings. The minimum Gasteiger partial charge on any atom is -0.459 e. The van der Waals surface area contributed by atoms with Crippen molar-refractivity contribution in [1.29, 1.82) is 0 Å². The molecule has 0 aromatic carbocycles. The van der Waals surface area contributed by atoms with Gasteiger partial charge in [-0.15, -0.1) is 0 Å². The molecular weight excluding hydrogens is 360 g/mol. The van der Waals surface area contributed by atoms with Gasteiger partial charge in [0.05, 0.1) is 17.8 Å². The lowest BCUT2D eigenvalue weighted by Crippen LogP contribution is -2.41. The zero-order chi connectivity index (χ0) is 20.6. The van der Waals surface area contributed by atoms with Crippen LogP contribution in [0.1, 0.15) is 60.3 Å². The Morgan fingerprint density at radius 3 is 2.50 bits per heavy atom. The fourth-order valence-electron chi connectivity index (χ4n) is 7.02. The molecule has 1 heterocycles. The summed E-state index contributed by atoms with van der Waals surface area (Å²) in [5.41, 5.74) is 0.741. The van der Waals surface area contributed by atoms with Crippen LogP contribution in [0.4, 0.5) is 0 Å². The second kappa shape index (κ2) is 6.30. The zero-order valence-corrected chi connectivity index (χ0v) is 17.4. The Labute approximate surface area is 166 Å². The van der Waals surface area contributed by atoms with Crippen molar-refractivity contribution < 1.29 is 29.3 Å². The number of hydrogen-bond acceptors (Lipinski definition) is 6. The van der Waals surface area contributed by atoms with E-state index in [1.165, 1.54) is 6.92 Å². The summed E-state index contributed by atoms with van der Waals surface area (Å²) in [7, 11) is 0. The Morgan fingerprint density at radius 2 is 1.89 bits per heavy atom. The lowest BCUT2D eigenvalue weighted by molar-refractivity contribution is -0.157. The van der Waals surface area contributed by atoms with Gasteiger partial charge in [0.25, 0.3) is 0 Å². The normalized spacial score (nSPS) is 47.5. The zero-order valence-electron chi connectivity index (χ0n) is 17.4. The highest BCUT2D eigenvalue weighted by Crippen LogP contribution is 2.64. The number of aliphatic hydroxyl groups excluding tert-OH is 2. The SMILES string of the molecule is CC(=O)OC1C(O)C2C3OC(=O)C4=C3C(C)(CCC4O)CCC2(C)C1C(C)C. The second-order valence-electron chi connectivity index (χ2n) is 10.1. The van der Waals surface area contributed by atoms with E-state index >= 15 is 0 Å². The number of ether oxygens (including phenoxy) is 2. The maximum Gasteiger partial charge on any atom is 0.337 e. The van der Waals surface area contributed by atoms with Crippen LogP contribution in [-0.4, -0.2) is 46.6 Å². The molecular formula is C22H32O6. The van der Waals surface area contributed by atoms with Crippen LogP contribution in [0.3, 0.4) is 0 Å². The number of esters is 2. The Hall–Kier alpha value is -1.40. The van der Waals surface area contributed by atoms with Crippen molar-refractivity contribution in [2.45, 2.75) is 84.7 Å². The molecule has 0 bridgehead atoms. The van der Waals surface area contributed by atoms with Crippen molar-refractivity contribution in [1.82, 2.24) is 0 Å². The van der Waals surface area contributed by atoms with Gasteiger partial charge in [-0.25, -0.2) is 4.79 Å². The van der Waals surface area contributed by atoms with Crippen molar-refractivity contribution in [3.05, 3.63) is 11.1 Å². The number of rotatable bonds is 2. The quantitative estimate of drug-likeness (QED) is 0.701. The number of aliphatic hydroxyl groups is 2. The summed E-state index contributed by atoms with van der Waals surface area (Å²) in [4.78, 5) is 24.4. The second-order valence-corrected chi connectivity index (χ2v) is 10.1. The van der Waals surface area contributed by atoms with Crippen molar-refractivity contribution >= 4 is 11.9 Å². The molecule has 0 saturated heterocycles. The highest BCUT2D eigenvalue weighted by atomic mass is 16.6. The predicted molar refractivity (Wildman–Crippen MR) is 101 cm³/mol. The minimum atomic E-state index is -0.910. The van der Waals surface area contributed by atoms with E-state index in [4.69, 9.17) is 9.47 Å². The number of carbonyl (C=O) groups is 2. The molecule has 1 aliphatic heterocycles. The molecule has 0 spiro atoms. The summed E-state index contributed by atoms with van der Waals surface area (Å²) in [5.74, 6) is -1.05. The summed E-state index contributed by atoms with van der Waals surface area (Å²) in [6.45, 7) is 9.87. The van der Waals surface area contributed by atoms with E-state index < -0.39 is 36.4 Å². The maximum atomic E-state index is 12.7. The molecule has 6 heteroatoms. The number of carbonyl (C=O) groups excluding carboxylic acids is 2. The Balaban J connectivity index is 1.86. The van der Waals surface area contributed by atoms with Crippen LogP contribution in [0.15, 0.2) is 11.1 Å². The molecule has 0 radical (unpaired) electrons. The van der Waals surface area contributed by atoms with E-state index in [0.29, 0.717) is 12.0 Å². The third-order valence-corrected chi connectivity index (χ3v) is 8.12. The summed E-state index contributed by atoms with van der Waals surface area (Å²) in [6, 6.07) is 0. The first kappa shape index (κ1) is 19.9. The summed E-state index contributed by atoms with van der Waals surface area (Å²) in [6.07, 6.45) is 0.194. The first-order chi connectivity index (χ1) is 13.0. The molecule has 8 atom stereocenters. The van der Waals surface area contributed by atoms with Gasteiger partial charge in [0.1, 0.15) is 12.2 Å². The summed E-state index contributed by atoms with van der Waals surface area (Å²) in [5, 5.41) is 21.8. The lowest BCUT2D eigenvalue weighted by Gasteiger charge is -2.40. The van der Waals surface area contributed by atoms with E-state index in [1.54, 1.807) is 0 Å². The van der Waals surface area contributed by atoms with E-state index in [0.717, 1.165) is 24.8 Å². The van der Waals surface area contributed by atoms with Crippen molar-refractivity contribution in [2.75, 3.05) is 0 Å². The highest BCUT2D eigenvalue weighted by molar-refractivity contribution is 5.94. The fraction of sp³-hybridized carbons (Fsp3) is 0.818. The van der Waals surface area contributed by atoms with Gasteiger partial charge in [-0.3, -0.25) is 4.79 Å². The molecule has 0 amide bonds. The van der Waals surface area contributed by atoms with Crippen LogP contribution >= 0.6 is 0 Å². The third-order valence-electron chi connectivity index (χ3n) is 8.12. The average molecular weight is 392 g/mol. The highest BCUT2D eigenvalue weighted by Gasteiger charge is 2.67. The smallest absolute Gasteiger partial charge is 0.337 e. The van der Waals surface area contributed by atoms with E-state index in [1.807, 2.05) is 0 Å². The molecule has 2 fully saturated rings. The molecule has 156 valence electrons. The van der Waals surface area contributed by atoms with Crippen LogP contribution in [-0.2, 0) is 19.1 Å². The third kappa shape index (κ3) is 2.53. The molecule has 3 aliphatic carbocycles. The molecule has 4 rings (SSSR count). The Bertz CT molecular complexity index is 741. The molecule has 6 nitrogen and oxygen atoms in total. The summed E-state index contributed by atoms with van der Waals surface area (Å²) >= 11 is 0. The van der Waals surface area contributed by atoms with Gasteiger partial charge in [-0.2, -0.15) is 0 Å². The predicted octanol–water partition coefficient (Wildman–Crippen LogP) is 2.36. The van der Waals surface area contributed by atoms with Crippen LogP contribution in [0, 0.1) is 28.6 Å². The van der Waals surface area contributed by atoms with Gasteiger partial charge < -0.3 is 19.7 Å². The van der Waals surface area contributed by atoms with Crippen LogP contribution in [0.2, 0.25) is 0 Å². The summed E-state index contributed by atoms with van der Waals surface area (Å²) < 4.78 is 11.5. The van der Waals surface area contributed by atoms with Gasteiger partial charge >= 0.3 is 11.9 Å². The van der Waals surface area contributed by atoms with Crippen LogP contribution in [0.5, 0.6) is 0 Å². The molecule has 0 aromatic heterocycles. The fourth-order valence-corrected chi connectivity index (χ4v) is 7.02. The number of fused-ring (bicyclic) bond motifs is 2. The van der Waals surface area contributed by atoms with Crippen molar-refractivity contribution in [3.8, 4) is 0 Å². The molecule has 2 saturated carbocycles. The molecule has 4 aliphatic rings. The Morgan fingerprint density at radius 1 is 1.21 bits per heavy atom.